The van der Waals surface area contributed by atoms with Crippen molar-refractivity contribution in [2.45, 2.75) is 31.8 Å². The van der Waals surface area contributed by atoms with E-state index in [9.17, 15) is 9.90 Å². The minimum absolute atomic E-state index is 0.121. The minimum Gasteiger partial charge on any atom is -0.467 e. The van der Waals surface area contributed by atoms with Crippen LogP contribution in [0, 0.1) is 5.92 Å². The molecular formula is C26H30N4O4. The third-order valence-electron chi connectivity index (χ3n) is 6.65. The lowest BCUT2D eigenvalue weighted by molar-refractivity contribution is -0.131. The molecule has 0 bridgehead atoms. The van der Waals surface area contributed by atoms with Crippen LogP contribution in [0.15, 0.2) is 75.0 Å². The van der Waals surface area contributed by atoms with Crippen LogP contribution in [0.3, 0.4) is 0 Å². The fourth-order valence-corrected chi connectivity index (χ4v) is 4.68. The minimum atomic E-state index is -0.299. The van der Waals surface area contributed by atoms with Gasteiger partial charge in [-0.25, -0.2) is 5.01 Å². The number of amides is 1. The van der Waals surface area contributed by atoms with Crippen LogP contribution < -0.4 is 5.32 Å². The highest BCUT2D eigenvalue weighted by atomic mass is 16.3. The molecule has 4 heterocycles. The zero-order valence-corrected chi connectivity index (χ0v) is 19.1. The number of nitrogens with one attached hydrogen (secondary N) is 1. The van der Waals surface area contributed by atoms with Gasteiger partial charge in [0.05, 0.1) is 19.1 Å². The molecule has 2 aliphatic heterocycles. The van der Waals surface area contributed by atoms with Crippen molar-refractivity contribution >= 4 is 17.3 Å². The second-order valence-electron chi connectivity index (χ2n) is 8.91. The molecule has 0 aliphatic carbocycles. The van der Waals surface area contributed by atoms with Gasteiger partial charge in [-0.15, -0.1) is 0 Å². The molecule has 3 aromatic rings. The Balaban J connectivity index is 1.26. The SMILES string of the molecule is O=C(CNc1ccccc1CN1CCC(CO)CC1)N1N=C(c2ccco2)CC1c1ccco1. The first-order chi connectivity index (χ1) is 16.7. The Morgan fingerprint density at radius 1 is 1.06 bits per heavy atom. The van der Waals surface area contributed by atoms with Crippen LogP contribution in [0.25, 0.3) is 0 Å². The Morgan fingerprint density at radius 3 is 2.59 bits per heavy atom. The van der Waals surface area contributed by atoms with Gasteiger partial charge in [-0.2, -0.15) is 5.10 Å². The summed E-state index contributed by atoms with van der Waals surface area (Å²) < 4.78 is 11.1. The van der Waals surface area contributed by atoms with Crippen molar-refractivity contribution in [3.05, 3.63) is 78.1 Å². The fraction of sp³-hybridized carbons (Fsp3) is 0.385. The van der Waals surface area contributed by atoms with E-state index in [1.165, 1.54) is 5.01 Å². The predicted octanol–water partition coefficient (Wildman–Crippen LogP) is 3.87. The summed E-state index contributed by atoms with van der Waals surface area (Å²) in [6.07, 6.45) is 5.79. The molecule has 8 nitrogen and oxygen atoms in total. The van der Waals surface area contributed by atoms with Gasteiger partial charge in [0, 0.05) is 25.3 Å². The molecule has 1 amide bonds. The maximum atomic E-state index is 13.3. The number of para-hydroxylation sites is 1. The first-order valence-electron chi connectivity index (χ1n) is 11.8. The summed E-state index contributed by atoms with van der Waals surface area (Å²) >= 11 is 0. The summed E-state index contributed by atoms with van der Waals surface area (Å²) in [6.45, 7) is 3.15. The number of furan rings is 2. The Labute approximate surface area is 198 Å². The lowest BCUT2D eigenvalue weighted by Crippen LogP contribution is -2.35. The summed E-state index contributed by atoms with van der Waals surface area (Å²) in [5.74, 6) is 1.64. The normalized spacial score (nSPS) is 19.4. The van der Waals surface area contributed by atoms with Gasteiger partial charge in [0.15, 0.2) is 0 Å². The number of hydrazone groups is 1. The largest absolute Gasteiger partial charge is 0.467 e. The molecule has 0 radical (unpaired) electrons. The molecule has 1 unspecified atom stereocenters. The van der Waals surface area contributed by atoms with Crippen molar-refractivity contribution < 1.29 is 18.7 Å². The lowest BCUT2D eigenvalue weighted by atomic mass is 9.97. The molecule has 1 atom stereocenters. The van der Waals surface area contributed by atoms with Gasteiger partial charge in [-0.05, 0) is 67.7 Å². The highest BCUT2D eigenvalue weighted by Crippen LogP contribution is 2.33. The molecule has 178 valence electrons. The van der Waals surface area contributed by atoms with Crippen LogP contribution in [-0.2, 0) is 11.3 Å². The van der Waals surface area contributed by atoms with Gasteiger partial charge in [0.1, 0.15) is 23.3 Å². The Hall–Kier alpha value is -3.36. The number of nitrogens with zero attached hydrogens (tertiary/aromatic N) is 3. The van der Waals surface area contributed by atoms with Gasteiger partial charge in [0.2, 0.25) is 0 Å². The third-order valence-corrected chi connectivity index (χ3v) is 6.65. The molecule has 5 rings (SSSR count). The molecule has 8 heteroatoms. The number of hydrogen-bond donors (Lipinski definition) is 2. The number of aliphatic hydroxyl groups is 1. The number of piperidine rings is 1. The zero-order valence-electron chi connectivity index (χ0n) is 19.1. The van der Waals surface area contributed by atoms with Crippen molar-refractivity contribution in [3.63, 3.8) is 0 Å². The summed E-state index contributed by atoms with van der Waals surface area (Å²) in [5.41, 5.74) is 2.83. The van der Waals surface area contributed by atoms with E-state index in [-0.39, 0.29) is 25.1 Å². The quantitative estimate of drug-likeness (QED) is 0.528. The summed E-state index contributed by atoms with van der Waals surface area (Å²) in [4.78, 5) is 15.7. The molecule has 34 heavy (non-hydrogen) atoms. The van der Waals surface area contributed by atoms with E-state index in [4.69, 9.17) is 8.83 Å². The van der Waals surface area contributed by atoms with Crippen LogP contribution in [0.5, 0.6) is 0 Å². The lowest BCUT2D eigenvalue weighted by Gasteiger charge is -2.31. The molecule has 0 saturated carbocycles. The Morgan fingerprint density at radius 2 is 1.85 bits per heavy atom. The van der Waals surface area contributed by atoms with Crippen molar-refractivity contribution in [3.8, 4) is 0 Å². The molecule has 2 N–H and O–H groups in total. The number of anilines is 1. The number of likely N-dealkylation sites (tertiary alicyclic amines) is 1. The van der Waals surface area contributed by atoms with Gasteiger partial charge in [-0.3, -0.25) is 9.69 Å². The van der Waals surface area contributed by atoms with Crippen LogP contribution in [0.1, 0.15) is 42.4 Å². The predicted molar refractivity (Wildman–Crippen MR) is 128 cm³/mol. The summed E-state index contributed by atoms with van der Waals surface area (Å²) in [7, 11) is 0. The van der Waals surface area contributed by atoms with E-state index in [0.717, 1.165) is 49.4 Å². The van der Waals surface area contributed by atoms with Crippen LogP contribution >= 0.6 is 0 Å². The molecule has 2 aromatic heterocycles. The van der Waals surface area contributed by atoms with E-state index in [1.54, 1.807) is 12.5 Å². The van der Waals surface area contributed by atoms with E-state index < -0.39 is 0 Å². The van der Waals surface area contributed by atoms with Crippen molar-refractivity contribution in [2.24, 2.45) is 11.0 Å². The topological polar surface area (TPSA) is 94.5 Å². The van der Waals surface area contributed by atoms with Crippen LogP contribution in [0.4, 0.5) is 5.69 Å². The summed E-state index contributed by atoms with van der Waals surface area (Å²) in [6, 6.07) is 15.2. The number of aliphatic hydroxyl groups excluding tert-OH is 1. The van der Waals surface area contributed by atoms with Crippen molar-refractivity contribution in [1.82, 2.24) is 9.91 Å². The number of hydrogen-bond acceptors (Lipinski definition) is 7. The number of benzene rings is 1. The van der Waals surface area contributed by atoms with Crippen molar-refractivity contribution in [2.75, 3.05) is 31.6 Å². The maximum absolute atomic E-state index is 13.3. The van der Waals surface area contributed by atoms with Gasteiger partial charge in [0.25, 0.3) is 5.91 Å². The monoisotopic (exact) mass is 462 g/mol. The smallest absolute Gasteiger partial charge is 0.262 e. The van der Waals surface area contributed by atoms with E-state index in [2.05, 4.69) is 21.4 Å². The number of rotatable bonds is 8. The maximum Gasteiger partial charge on any atom is 0.262 e. The third kappa shape index (κ3) is 4.93. The molecular weight excluding hydrogens is 432 g/mol. The van der Waals surface area contributed by atoms with E-state index in [0.29, 0.717) is 23.9 Å². The Kier molecular flexibility index (Phi) is 6.78. The average molecular weight is 463 g/mol. The molecule has 1 saturated heterocycles. The molecule has 1 aromatic carbocycles. The van der Waals surface area contributed by atoms with Crippen molar-refractivity contribution in [1.29, 1.82) is 0 Å². The number of carbonyl (C=O) groups excluding carboxylic acids is 1. The highest BCUT2D eigenvalue weighted by molar-refractivity contribution is 6.01. The molecule has 2 aliphatic rings. The first kappa shape index (κ1) is 22.4. The second kappa shape index (κ2) is 10.3. The molecule has 0 spiro atoms. The van der Waals surface area contributed by atoms with Crippen LogP contribution in [-0.4, -0.2) is 52.9 Å². The summed E-state index contributed by atoms with van der Waals surface area (Å²) in [5, 5.41) is 18.8. The van der Waals surface area contributed by atoms with E-state index in [1.807, 2.05) is 42.5 Å². The second-order valence-corrected chi connectivity index (χ2v) is 8.91. The Bertz CT molecular complexity index is 1100. The van der Waals surface area contributed by atoms with Gasteiger partial charge < -0.3 is 19.3 Å². The highest BCUT2D eigenvalue weighted by Gasteiger charge is 2.35. The van der Waals surface area contributed by atoms with Crippen LogP contribution in [0.2, 0.25) is 0 Å². The average Bonchev–Trinajstić information content (AvgIpc) is 3.65. The number of carbonyl (C=O) groups is 1. The van der Waals surface area contributed by atoms with Gasteiger partial charge in [-0.1, -0.05) is 18.2 Å². The first-order valence-corrected chi connectivity index (χ1v) is 11.8. The fourth-order valence-electron chi connectivity index (χ4n) is 4.68. The standard InChI is InChI=1S/C26H30N4O4/c31-18-19-9-11-29(12-10-19)17-20-5-1-2-6-21(20)27-16-26(32)30-23(25-8-4-14-34-25)15-22(28-30)24-7-3-13-33-24/h1-8,13-14,19,23,27,31H,9-12,15-18H2. The van der Waals surface area contributed by atoms with Gasteiger partial charge >= 0.3 is 0 Å². The zero-order chi connectivity index (χ0) is 23.3. The molecule has 1 fully saturated rings. The van der Waals surface area contributed by atoms with E-state index >= 15 is 0 Å².